The van der Waals surface area contributed by atoms with Crippen LogP contribution in [-0.4, -0.2) is 18.4 Å². The third kappa shape index (κ3) is 6.43. The van der Waals surface area contributed by atoms with Gasteiger partial charge in [0, 0.05) is 6.42 Å². The molecule has 1 aliphatic rings. The number of alkyl halides is 3. The average Bonchev–Trinajstić information content (AvgIpc) is 3.14. The average molecular weight is 507 g/mol. The van der Waals surface area contributed by atoms with Gasteiger partial charge in [-0.2, -0.15) is 13.2 Å². The van der Waals surface area contributed by atoms with Crippen LogP contribution in [0, 0.1) is 12.3 Å². The number of halogens is 3. The van der Waals surface area contributed by atoms with E-state index in [1.54, 1.807) is 13.0 Å². The van der Waals surface area contributed by atoms with Crippen molar-refractivity contribution in [2.24, 2.45) is 5.41 Å². The fraction of sp³-hybridized carbons (Fsp3) is 0.500. The lowest BCUT2D eigenvalue weighted by Gasteiger charge is -2.30. The van der Waals surface area contributed by atoms with E-state index in [1.807, 2.05) is 39.8 Å². The molecule has 0 saturated carbocycles. The molecule has 3 nitrogen and oxygen atoms in total. The van der Waals surface area contributed by atoms with Crippen LogP contribution in [0.2, 0.25) is 0 Å². The van der Waals surface area contributed by atoms with Crippen LogP contribution in [0.15, 0.2) is 18.2 Å². The molecule has 0 atom stereocenters. The topological polar surface area (TPSA) is 43.4 Å². The van der Waals surface area contributed by atoms with Crippen LogP contribution in [0.5, 0.6) is 0 Å². The predicted octanol–water partition coefficient (Wildman–Crippen LogP) is 7.54. The van der Waals surface area contributed by atoms with Crippen LogP contribution in [0.3, 0.4) is 0 Å². The summed E-state index contributed by atoms with van der Waals surface area (Å²) in [6, 6.07) is 3.92. The van der Waals surface area contributed by atoms with Gasteiger partial charge in [0.15, 0.2) is 5.78 Å². The van der Waals surface area contributed by atoms with Gasteiger partial charge in [0.05, 0.1) is 11.5 Å². The zero-order chi connectivity index (χ0) is 26.0. The fourth-order valence-corrected chi connectivity index (χ4v) is 5.96. The molecule has 190 valence electrons. The number of fused-ring (bicyclic) bond motifs is 1. The van der Waals surface area contributed by atoms with Gasteiger partial charge in [-0.25, -0.2) is 0 Å². The third-order valence-corrected chi connectivity index (χ3v) is 7.92. The van der Waals surface area contributed by atoms with E-state index < -0.39 is 11.1 Å². The number of hydrogen-bond acceptors (Lipinski definition) is 4. The maximum atomic E-state index is 13.7. The molecule has 1 aliphatic carbocycles. The van der Waals surface area contributed by atoms with E-state index in [4.69, 9.17) is 4.74 Å². The third-order valence-electron chi connectivity index (χ3n) is 6.59. The number of carbonyl (C=O) groups is 2. The molecule has 0 spiro atoms. The molecule has 1 heterocycles. The van der Waals surface area contributed by atoms with Crippen LogP contribution < -0.4 is 0 Å². The minimum absolute atomic E-state index is 0.206. The Morgan fingerprint density at radius 2 is 1.89 bits per heavy atom. The van der Waals surface area contributed by atoms with Crippen molar-refractivity contribution < 1.29 is 27.5 Å². The summed E-state index contributed by atoms with van der Waals surface area (Å²) >= 11 is 0.583. The van der Waals surface area contributed by atoms with Gasteiger partial charge in [-0.05, 0) is 90.8 Å². The standard InChI is InChI=1S/C28H33F3O3S/c1-6-19-15-18(14-17(3)20(19)9-11-24(33)34-7-2)8-10-23(32)25-21-12-13-27(4,5)16-22(21)26(35-25)28(29,30)31/h8,10,14-15H,6-7,9,11-13,16H2,1-5H3/b10-8+. The Morgan fingerprint density at radius 3 is 2.51 bits per heavy atom. The van der Waals surface area contributed by atoms with Gasteiger partial charge < -0.3 is 4.74 Å². The number of benzene rings is 1. The van der Waals surface area contributed by atoms with E-state index in [2.05, 4.69) is 0 Å². The number of ketones is 1. The van der Waals surface area contributed by atoms with Gasteiger partial charge in [0.25, 0.3) is 0 Å². The van der Waals surface area contributed by atoms with Crippen LogP contribution >= 0.6 is 11.3 Å². The quantitative estimate of drug-likeness (QED) is 0.211. The van der Waals surface area contributed by atoms with Crippen LogP contribution in [0.25, 0.3) is 6.08 Å². The molecule has 3 rings (SSSR count). The molecule has 0 aliphatic heterocycles. The van der Waals surface area contributed by atoms with Crippen LogP contribution in [0.4, 0.5) is 13.2 Å². The molecule has 0 fully saturated rings. The number of esters is 1. The van der Waals surface area contributed by atoms with Gasteiger partial charge in [-0.1, -0.05) is 39.0 Å². The van der Waals surface area contributed by atoms with E-state index >= 15 is 0 Å². The second-order valence-corrected chi connectivity index (χ2v) is 10.9. The minimum Gasteiger partial charge on any atom is -0.466 e. The van der Waals surface area contributed by atoms with Crippen molar-refractivity contribution in [2.75, 3.05) is 6.61 Å². The summed E-state index contributed by atoms with van der Waals surface area (Å²) in [6.45, 7) is 10.1. The molecule has 1 aromatic heterocycles. The number of rotatable bonds is 8. The summed E-state index contributed by atoms with van der Waals surface area (Å²) in [5.74, 6) is -0.618. The number of aryl methyl sites for hydroxylation is 2. The number of thiophene rings is 1. The molecule has 1 aromatic carbocycles. The monoisotopic (exact) mass is 506 g/mol. The van der Waals surface area contributed by atoms with Gasteiger partial charge in [-0.3, -0.25) is 9.59 Å². The first-order chi connectivity index (χ1) is 16.4. The Morgan fingerprint density at radius 1 is 1.17 bits per heavy atom. The van der Waals surface area contributed by atoms with E-state index in [-0.39, 0.29) is 22.0 Å². The highest BCUT2D eigenvalue weighted by atomic mass is 32.1. The summed E-state index contributed by atoms with van der Waals surface area (Å²) in [5.41, 5.74) is 4.64. The maximum absolute atomic E-state index is 13.7. The smallest absolute Gasteiger partial charge is 0.425 e. The lowest BCUT2D eigenvalue weighted by atomic mass is 9.74. The summed E-state index contributed by atoms with van der Waals surface area (Å²) in [5, 5.41) is 0. The molecule has 0 saturated heterocycles. The molecule has 35 heavy (non-hydrogen) atoms. The van der Waals surface area contributed by atoms with Crippen molar-refractivity contribution in [3.05, 3.63) is 61.3 Å². The summed E-state index contributed by atoms with van der Waals surface area (Å²) in [7, 11) is 0. The maximum Gasteiger partial charge on any atom is 0.425 e. The fourth-order valence-electron chi connectivity index (χ4n) is 4.81. The van der Waals surface area contributed by atoms with Crippen LogP contribution in [-0.2, 0) is 41.4 Å². The largest absolute Gasteiger partial charge is 0.466 e. The number of allylic oxidation sites excluding steroid dienone is 1. The Labute approximate surface area is 209 Å². The molecule has 0 radical (unpaired) electrons. The number of ether oxygens (including phenoxy) is 1. The first-order valence-corrected chi connectivity index (χ1v) is 12.9. The van der Waals surface area contributed by atoms with E-state index in [9.17, 15) is 22.8 Å². The van der Waals surface area contributed by atoms with Gasteiger partial charge in [0.1, 0.15) is 4.88 Å². The highest BCUT2D eigenvalue weighted by Crippen LogP contribution is 2.47. The lowest BCUT2D eigenvalue weighted by Crippen LogP contribution is -2.24. The minimum atomic E-state index is -4.46. The summed E-state index contributed by atoms with van der Waals surface area (Å²) in [6.07, 6.45) is 1.81. The predicted molar refractivity (Wildman–Crippen MR) is 134 cm³/mol. The Bertz CT molecular complexity index is 1140. The SMILES string of the molecule is CCOC(=O)CCc1c(C)cc(/C=C/C(=O)c2sc(C(F)(F)F)c3c2CCC(C)(C)C3)cc1CC. The number of carbonyl (C=O) groups excluding carboxylic acids is 2. The van der Waals surface area contributed by atoms with Gasteiger partial charge in [0.2, 0.25) is 0 Å². The second-order valence-electron chi connectivity index (χ2n) is 9.89. The molecule has 7 heteroatoms. The van der Waals surface area contributed by atoms with Gasteiger partial charge in [-0.15, -0.1) is 11.3 Å². The highest BCUT2D eigenvalue weighted by molar-refractivity contribution is 7.14. The zero-order valence-electron chi connectivity index (χ0n) is 21.0. The van der Waals surface area contributed by atoms with E-state index in [0.717, 1.165) is 35.1 Å². The number of hydrogen-bond donors (Lipinski definition) is 0. The van der Waals surface area contributed by atoms with E-state index in [0.29, 0.717) is 54.8 Å². The van der Waals surface area contributed by atoms with Crippen molar-refractivity contribution in [3.8, 4) is 0 Å². The second kappa shape index (κ2) is 10.7. The Kier molecular flexibility index (Phi) is 8.30. The first-order valence-electron chi connectivity index (χ1n) is 12.1. The molecule has 0 N–H and O–H groups in total. The van der Waals surface area contributed by atoms with Crippen molar-refractivity contribution in [3.63, 3.8) is 0 Å². The lowest BCUT2D eigenvalue weighted by molar-refractivity contribution is -0.143. The van der Waals surface area contributed by atoms with Crippen LogP contribution in [0.1, 0.15) is 88.5 Å². The molecule has 0 bridgehead atoms. The molecular formula is C28H33F3O3S. The summed E-state index contributed by atoms with van der Waals surface area (Å²) in [4.78, 5) is 24.4. The molecule has 2 aromatic rings. The highest BCUT2D eigenvalue weighted by Gasteiger charge is 2.42. The molecular weight excluding hydrogens is 473 g/mol. The van der Waals surface area contributed by atoms with E-state index in [1.165, 1.54) is 6.08 Å². The Hall–Kier alpha value is -2.41. The molecule has 0 unspecified atom stereocenters. The zero-order valence-corrected chi connectivity index (χ0v) is 21.8. The Balaban J connectivity index is 1.87. The van der Waals surface area contributed by atoms with Crippen molar-refractivity contribution >= 4 is 29.2 Å². The van der Waals surface area contributed by atoms with Crippen molar-refractivity contribution in [1.82, 2.24) is 0 Å². The normalized spacial score (nSPS) is 15.3. The van der Waals surface area contributed by atoms with Gasteiger partial charge >= 0.3 is 12.1 Å². The summed E-state index contributed by atoms with van der Waals surface area (Å²) < 4.78 is 46.2. The van der Waals surface area contributed by atoms with Crippen molar-refractivity contribution in [1.29, 1.82) is 0 Å². The first kappa shape index (κ1) is 27.2. The molecule has 0 amide bonds. The van der Waals surface area contributed by atoms with Crippen molar-refractivity contribution in [2.45, 2.75) is 79.3 Å².